The van der Waals surface area contributed by atoms with Gasteiger partial charge in [0.05, 0.1) is 16.1 Å². The maximum atomic E-state index is 6.00. The van der Waals surface area contributed by atoms with Gasteiger partial charge in [0, 0.05) is 24.0 Å². The molecule has 0 aromatic carbocycles. The Morgan fingerprint density at radius 1 is 1.44 bits per heavy atom. The summed E-state index contributed by atoms with van der Waals surface area (Å²) in [6.07, 6.45) is 4.93. The number of thiazole rings is 2. The Bertz CT molecular complexity index is 422. The molecule has 2 N–H and O–H groups in total. The molecule has 2 aromatic heterocycles. The van der Waals surface area contributed by atoms with Crippen molar-refractivity contribution in [1.29, 1.82) is 0 Å². The van der Waals surface area contributed by atoms with Gasteiger partial charge in [0.1, 0.15) is 5.01 Å². The highest BCUT2D eigenvalue weighted by Crippen LogP contribution is 2.27. The number of nitrogens with zero attached hydrogens (tertiary/aromatic N) is 2. The van der Waals surface area contributed by atoms with Crippen LogP contribution in [0.3, 0.4) is 0 Å². The zero-order valence-electron chi connectivity index (χ0n) is 9.22. The van der Waals surface area contributed by atoms with E-state index in [0.717, 1.165) is 34.8 Å². The highest BCUT2D eigenvalue weighted by molar-refractivity contribution is 7.19. The smallest absolute Gasteiger partial charge is 0.135 e. The minimum atomic E-state index is 0.237. The zero-order valence-corrected chi connectivity index (χ0v) is 10.9. The normalized spacial score (nSPS) is 12.9. The summed E-state index contributed by atoms with van der Waals surface area (Å²) in [5, 5.41) is 3.16. The third kappa shape index (κ3) is 2.87. The molecule has 2 rings (SSSR count). The summed E-state index contributed by atoms with van der Waals surface area (Å²) in [6.45, 7) is 2.16. The number of rotatable bonds is 5. The first kappa shape index (κ1) is 11.7. The van der Waals surface area contributed by atoms with Gasteiger partial charge in [0.15, 0.2) is 0 Å². The Labute approximate surface area is 103 Å². The molecular formula is C11H15N3S2. The fourth-order valence-electron chi connectivity index (χ4n) is 1.58. The van der Waals surface area contributed by atoms with Crippen LogP contribution in [0.25, 0.3) is 9.88 Å². The van der Waals surface area contributed by atoms with Crippen LogP contribution in [-0.4, -0.2) is 16.0 Å². The van der Waals surface area contributed by atoms with E-state index < -0.39 is 0 Å². The number of hydrogen-bond acceptors (Lipinski definition) is 5. The standard InChI is InChI=1S/C11H15N3S2/c1-2-3-8(12)4-9-6-15-11(14-9)10-5-13-7-16-10/h5-8H,2-4,12H2,1H3. The molecule has 0 aliphatic heterocycles. The van der Waals surface area contributed by atoms with E-state index in [4.69, 9.17) is 5.73 Å². The van der Waals surface area contributed by atoms with Gasteiger partial charge in [-0.1, -0.05) is 13.3 Å². The molecule has 2 heterocycles. The van der Waals surface area contributed by atoms with Gasteiger partial charge in [-0.05, 0) is 6.42 Å². The van der Waals surface area contributed by atoms with Gasteiger partial charge >= 0.3 is 0 Å². The monoisotopic (exact) mass is 253 g/mol. The van der Waals surface area contributed by atoms with E-state index >= 15 is 0 Å². The molecular weight excluding hydrogens is 238 g/mol. The van der Waals surface area contributed by atoms with Crippen LogP contribution < -0.4 is 5.73 Å². The Kier molecular flexibility index (Phi) is 4.04. The van der Waals surface area contributed by atoms with Crippen LogP contribution >= 0.6 is 22.7 Å². The topological polar surface area (TPSA) is 51.8 Å². The fraction of sp³-hybridized carbons (Fsp3) is 0.455. The second-order valence-corrected chi connectivity index (χ2v) is 5.51. The minimum absolute atomic E-state index is 0.237. The van der Waals surface area contributed by atoms with Crippen molar-refractivity contribution in [3.63, 3.8) is 0 Å². The molecule has 1 unspecified atom stereocenters. The van der Waals surface area contributed by atoms with E-state index in [1.165, 1.54) is 0 Å². The second kappa shape index (κ2) is 5.52. The molecule has 3 nitrogen and oxygen atoms in total. The van der Waals surface area contributed by atoms with Gasteiger partial charge in [0.25, 0.3) is 0 Å². The predicted molar refractivity (Wildman–Crippen MR) is 69.8 cm³/mol. The van der Waals surface area contributed by atoms with Gasteiger partial charge in [-0.25, -0.2) is 4.98 Å². The van der Waals surface area contributed by atoms with E-state index in [-0.39, 0.29) is 6.04 Å². The average molecular weight is 253 g/mol. The SMILES string of the molecule is CCCC(N)Cc1csc(-c2cncs2)n1. The van der Waals surface area contributed by atoms with Crippen molar-refractivity contribution in [2.24, 2.45) is 5.73 Å². The molecule has 0 amide bonds. The highest BCUT2D eigenvalue weighted by atomic mass is 32.1. The Balaban J connectivity index is 2.03. The van der Waals surface area contributed by atoms with Gasteiger partial charge in [-0.15, -0.1) is 22.7 Å². The third-order valence-corrected chi connectivity index (χ3v) is 4.16. The van der Waals surface area contributed by atoms with Crippen LogP contribution in [0, 0.1) is 0 Å². The summed E-state index contributed by atoms with van der Waals surface area (Å²) in [4.78, 5) is 9.78. The molecule has 86 valence electrons. The van der Waals surface area contributed by atoms with E-state index in [2.05, 4.69) is 22.3 Å². The molecule has 0 saturated heterocycles. The van der Waals surface area contributed by atoms with Crippen LogP contribution in [0.5, 0.6) is 0 Å². The van der Waals surface area contributed by atoms with Gasteiger partial charge < -0.3 is 5.73 Å². The lowest BCUT2D eigenvalue weighted by molar-refractivity contribution is 0.595. The van der Waals surface area contributed by atoms with Gasteiger partial charge in [-0.3, -0.25) is 4.98 Å². The molecule has 0 radical (unpaired) electrons. The van der Waals surface area contributed by atoms with E-state index in [0.29, 0.717) is 0 Å². The van der Waals surface area contributed by atoms with Crippen LogP contribution in [0.15, 0.2) is 17.1 Å². The zero-order chi connectivity index (χ0) is 11.4. The molecule has 0 spiro atoms. The Hall–Kier alpha value is -0.780. The summed E-state index contributed by atoms with van der Waals surface area (Å²) < 4.78 is 0. The quantitative estimate of drug-likeness (QED) is 0.891. The lowest BCUT2D eigenvalue weighted by Gasteiger charge is -2.06. The van der Waals surface area contributed by atoms with E-state index in [1.807, 2.05) is 11.7 Å². The summed E-state index contributed by atoms with van der Waals surface area (Å²) >= 11 is 3.30. The van der Waals surface area contributed by atoms with Crippen LogP contribution in [-0.2, 0) is 6.42 Å². The van der Waals surface area contributed by atoms with Crippen molar-refractivity contribution in [3.8, 4) is 9.88 Å². The van der Waals surface area contributed by atoms with Crippen molar-refractivity contribution in [1.82, 2.24) is 9.97 Å². The summed E-state index contributed by atoms with van der Waals surface area (Å²) in [6, 6.07) is 0.237. The minimum Gasteiger partial charge on any atom is -0.327 e. The number of nitrogens with two attached hydrogens (primary N) is 1. The van der Waals surface area contributed by atoms with Crippen molar-refractivity contribution in [3.05, 3.63) is 22.8 Å². The Morgan fingerprint density at radius 2 is 2.31 bits per heavy atom. The lowest BCUT2D eigenvalue weighted by Crippen LogP contribution is -2.22. The van der Waals surface area contributed by atoms with E-state index in [9.17, 15) is 0 Å². The van der Waals surface area contributed by atoms with Crippen LogP contribution in [0.1, 0.15) is 25.5 Å². The first-order chi connectivity index (χ1) is 7.79. The molecule has 16 heavy (non-hydrogen) atoms. The predicted octanol–water partition coefficient (Wildman–Crippen LogP) is 2.94. The summed E-state index contributed by atoms with van der Waals surface area (Å²) in [7, 11) is 0. The lowest BCUT2D eigenvalue weighted by atomic mass is 10.1. The molecule has 5 heteroatoms. The second-order valence-electron chi connectivity index (χ2n) is 3.76. The molecule has 0 fully saturated rings. The summed E-state index contributed by atoms with van der Waals surface area (Å²) in [5.41, 5.74) is 8.94. The van der Waals surface area contributed by atoms with Gasteiger partial charge in [-0.2, -0.15) is 0 Å². The average Bonchev–Trinajstić information content (AvgIpc) is 2.86. The van der Waals surface area contributed by atoms with Crippen LogP contribution in [0.2, 0.25) is 0 Å². The van der Waals surface area contributed by atoms with Gasteiger partial charge in [0.2, 0.25) is 0 Å². The first-order valence-corrected chi connectivity index (χ1v) is 7.14. The third-order valence-electron chi connectivity index (χ3n) is 2.33. The van der Waals surface area contributed by atoms with Crippen molar-refractivity contribution >= 4 is 22.7 Å². The van der Waals surface area contributed by atoms with Crippen LogP contribution in [0.4, 0.5) is 0 Å². The molecule has 0 saturated carbocycles. The largest absolute Gasteiger partial charge is 0.327 e. The molecule has 0 aliphatic carbocycles. The summed E-state index contributed by atoms with van der Waals surface area (Å²) in [5.74, 6) is 0. The molecule has 1 atom stereocenters. The maximum absolute atomic E-state index is 6.00. The first-order valence-electron chi connectivity index (χ1n) is 5.38. The number of hydrogen-bond donors (Lipinski definition) is 1. The van der Waals surface area contributed by atoms with Crippen molar-refractivity contribution in [2.45, 2.75) is 32.2 Å². The number of aromatic nitrogens is 2. The molecule has 0 aliphatic rings. The fourth-order valence-corrected chi connectivity index (χ4v) is 3.10. The highest BCUT2D eigenvalue weighted by Gasteiger charge is 2.09. The maximum Gasteiger partial charge on any atom is 0.135 e. The van der Waals surface area contributed by atoms with E-state index in [1.54, 1.807) is 22.7 Å². The van der Waals surface area contributed by atoms with Crippen molar-refractivity contribution < 1.29 is 0 Å². The van der Waals surface area contributed by atoms with Crippen molar-refractivity contribution in [2.75, 3.05) is 0 Å². The Morgan fingerprint density at radius 3 is 3.00 bits per heavy atom. The molecule has 2 aromatic rings. The molecule has 0 bridgehead atoms.